The molecule has 0 aromatic carbocycles. The highest BCUT2D eigenvalue weighted by Crippen LogP contribution is 2.31. The number of nitrogens with one attached hydrogen (secondary N) is 1. The Labute approximate surface area is 127 Å². The van der Waals surface area contributed by atoms with Crippen LogP contribution in [0.3, 0.4) is 0 Å². The number of rotatable bonds is 5. The van der Waals surface area contributed by atoms with Crippen LogP contribution in [-0.2, 0) is 19.1 Å². The van der Waals surface area contributed by atoms with Crippen molar-refractivity contribution in [3.63, 3.8) is 0 Å². The molecule has 10 nitrogen and oxygen atoms in total. The lowest BCUT2D eigenvalue weighted by molar-refractivity contribution is -0.296. The Morgan fingerprint density at radius 3 is 2.68 bits per heavy atom. The third kappa shape index (κ3) is 3.91. The molecule has 0 aromatic heterocycles. The molecule has 128 valence electrons. The van der Waals surface area contributed by atoms with Crippen LogP contribution in [0.15, 0.2) is 0 Å². The van der Waals surface area contributed by atoms with E-state index in [1.807, 2.05) is 0 Å². The average Bonchev–Trinajstić information content (AvgIpc) is 2.48. The van der Waals surface area contributed by atoms with E-state index in [0.717, 1.165) is 6.92 Å². The number of methoxy groups -OCH3 is 1. The van der Waals surface area contributed by atoms with E-state index in [-0.39, 0.29) is 0 Å². The molecule has 1 amide bonds. The van der Waals surface area contributed by atoms with Gasteiger partial charge in [0.2, 0.25) is 5.91 Å². The van der Waals surface area contributed by atoms with Gasteiger partial charge in [-0.2, -0.15) is 0 Å². The molecule has 6 N–H and O–H groups in total. The van der Waals surface area contributed by atoms with Crippen LogP contribution < -0.4 is 5.32 Å². The van der Waals surface area contributed by atoms with Crippen molar-refractivity contribution >= 4 is 11.9 Å². The molecule has 0 spiro atoms. The van der Waals surface area contributed by atoms with Crippen LogP contribution >= 0.6 is 0 Å². The minimum Gasteiger partial charge on any atom is -0.465 e. The minimum absolute atomic E-state index is 0.590. The van der Waals surface area contributed by atoms with Crippen molar-refractivity contribution in [2.45, 2.75) is 49.6 Å². The fourth-order valence-electron chi connectivity index (χ4n) is 2.24. The Hall–Kier alpha value is -1.30. The quantitative estimate of drug-likeness (QED) is 0.278. The van der Waals surface area contributed by atoms with Gasteiger partial charge in [-0.25, -0.2) is 4.79 Å². The average molecular weight is 324 g/mol. The van der Waals surface area contributed by atoms with Crippen LogP contribution in [-0.4, -0.2) is 87.3 Å². The fraction of sp³-hybridized carbons (Fsp3) is 0.833. The molecule has 22 heavy (non-hydrogen) atoms. The molecule has 6 atom stereocenters. The summed E-state index contributed by atoms with van der Waals surface area (Å²) in [5, 5.41) is 50.9. The van der Waals surface area contributed by atoms with Crippen LogP contribution in [0.2, 0.25) is 0 Å². The van der Waals surface area contributed by atoms with Gasteiger partial charge < -0.3 is 40.3 Å². The van der Waals surface area contributed by atoms with Crippen molar-refractivity contribution in [3.05, 3.63) is 0 Å². The lowest BCUT2D eigenvalue weighted by atomic mass is 9.88. The van der Waals surface area contributed by atoms with E-state index in [0.29, 0.717) is 0 Å². The largest absolute Gasteiger partial charge is 0.465 e. The van der Waals surface area contributed by atoms with E-state index in [2.05, 4.69) is 10.1 Å². The summed E-state index contributed by atoms with van der Waals surface area (Å²) >= 11 is 0. The zero-order chi connectivity index (χ0) is 17.8. The molecular formula is C12H21NO9. The van der Waals surface area contributed by atoms with E-state index < -0.39 is 68.2 Å². The first-order valence-electron chi connectivity index (χ1n) is 7.15. The molecule has 0 saturated carbocycles. The van der Waals surface area contributed by atoms with Crippen LogP contribution in [0.1, 0.15) is 14.7 Å². The molecule has 10 heteroatoms. The summed E-state index contributed by atoms with van der Waals surface area (Å²) in [6.45, 7) is 0.271. The molecule has 1 heterocycles. The summed E-state index contributed by atoms with van der Waals surface area (Å²) < 4.78 is 16.2. The number of hydrogen-bond donors (Lipinski definition) is 6. The SMILES string of the molecule is [2H]COC(=O)C1(O)C[C@H](O)[C@@H](NC(C)=O)[C@H](C(O)C(O)CO)O1. The van der Waals surface area contributed by atoms with Crippen molar-refractivity contribution in [2.24, 2.45) is 0 Å². The number of aliphatic hydroxyl groups excluding tert-OH is 4. The van der Waals surface area contributed by atoms with Crippen molar-refractivity contribution in [3.8, 4) is 0 Å². The van der Waals surface area contributed by atoms with Gasteiger partial charge in [0.25, 0.3) is 5.79 Å². The molecular weight excluding hydrogens is 302 g/mol. The maximum Gasteiger partial charge on any atom is 0.366 e. The monoisotopic (exact) mass is 324 g/mol. The number of amides is 1. The maximum atomic E-state index is 11.7. The van der Waals surface area contributed by atoms with Gasteiger partial charge in [0.15, 0.2) is 0 Å². The first-order chi connectivity index (χ1) is 10.7. The van der Waals surface area contributed by atoms with Crippen molar-refractivity contribution in [1.29, 1.82) is 0 Å². The Bertz CT molecular complexity index is 437. The Morgan fingerprint density at radius 1 is 1.55 bits per heavy atom. The van der Waals surface area contributed by atoms with Gasteiger partial charge in [-0.3, -0.25) is 4.79 Å². The van der Waals surface area contributed by atoms with Crippen LogP contribution in [0.5, 0.6) is 0 Å². The van der Waals surface area contributed by atoms with Crippen molar-refractivity contribution < 1.29 is 46.0 Å². The maximum absolute atomic E-state index is 11.7. The highest BCUT2D eigenvalue weighted by Gasteiger charge is 2.54. The number of carbonyl (C=O) groups excluding carboxylic acids is 2. The van der Waals surface area contributed by atoms with E-state index in [1.165, 1.54) is 0 Å². The van der Waals surface area contributed by atoms with E-state index in [1.54, 1.807) is 0 Å². The topological polar surface area (TPSA) is 166 Å². The molecule has 0 aliphatic carbocycles. The van der Waals surface area contributed by atoms with E-state index in [9.17, 15) is 30.0 Å². The van der Waals surface area contributed by atoms with Crippen molar-refractivity contribution in [1.82, 2.24) is 5.32 Å². The summed E-state index contributed by atoms with van der Waals surface area (Å²) in [6.07, 6.45) is -7.37. The summed E-state index contributed by atoms with van der Waals surface area (Å²) in [6, 6.07) is -1.26. The molecule has 1 saturated heterocycles. The molecule has 1 fully saturated rings. The molecule has 1 aliphatic heterocycles. The van der Waals surface area contributed by atoms with Gasteiger partial charge in [-0.05, 0) is 0 Å². The first-order valence-corrected chi connectivity index (χ1v) is 6.45. The summed E-state index contributed by atoms with van der Waals surface area (Å²) in [5.74, 6) is -4.62. The summed E-state index contributed by atoms with van der Waals surface area (Å²) in [5.41, 5.74) is 0. The second-order valence-corrected chi connectivity index (χ2v) is 5.04. The number of carbonyl (C=O) groups is 2. The Morgan fingerprint density at radius 2 is 2.18 bits per heavy atom. The smallest absolute Gasteiger partial charge is 0.366 e. The van der Waals surface area contributed by atoms with Crippen molar-refractivity contribution in [2.75, 3.05) is 13.7 Å². The van der Waals surface area contributed by atoms with E-state index >= 15 is 0 Å². The first kappa shape index (κ1) is 17.1. The fourth-order valence-corrected chi connectivity index (χ4v) is 2.24. The van der Waals surface area contributed by atoms with Gasteiger partial charge in [0, 0.05) is 13.3 Å². The second kappa shape index (κ2) is 7.31. The zero-order valence-electron chi connectivity index (χ0n) is 12.9. The standard InChI is InChI=1S/C12H21NO9/c1-5(15)13-8-6(16)3-12(20,11(19)21-2)22-10(8)9(18)7(17)4-14/h6-10,14,16-18,20H,3-4H2,1-2H3,(H,13,15)/t6-,7?,8+,9?,10+,12?/m0/s1/i2D. The highest BCUT2D eigenvalue weighted by molar-refractivity contribution is 5.78. The Kier molecular flexibility index (Phi) is 5.67. The molecule has 1 rings (SSSR count). The molecule has 0 bridgehead atoms. The molecule has 1 aliphatic rings. The van der Waals surface area contributed by atoms with Crippen LogP contribution in [0, 0.1) is 0 Å². The number of ether oxygens (including phenoxy) is 2. The summed E-state index contributed by atoms with van der Waals surface area (Å²) in [7, 11) is -0.803. The van der Waals surface area contributed by atoms with Crippen LogP contribution in [0.4, 0.5) is 0 Å². The van der Waals surface area contributed by atoms with Gasteiger partial charge in [-0.1, -0.05) is 0 Å². The van der Waals surface area contributed by atoms with E-state index in [4.69, 9.17) is 11.2 Å². The lowest BCUT2D eigenvalue weighted by Gasteiger charge is -2.45. The van der Waals surface area contributed by atoms with Gasteiger partial charge in [0.05, 0.1) is 27.2 Å². The highest BCUT2D eigenvalue weighted by atomic mass is 16.7. The minimum atomic E-state index is -2.67. The van der Waals surface area contributed by atoms with Gasteiger partial charge in [-0.15, -0.1) is 0 Å². The molecule has 0 aromatic rings. The number of hydrogen-bond acceptors (Lipinski definition) is 9. The Balaban J connectivity index is 3.08. The normalized spacial score (nSPS) is 35.2. The zero-order valence-corrected chi connectivity index (χ0v) is 11.9. The predicted octanol–water partition coefficient (Wildman–Crippen LogP) is -3.78. The molecule has 0 radical (unpaired) electrons. The summed E-state index contributed by atoms with van der Waals surface area (Å²) in [4.78, 5) is 22.9. The third-order valence-corrected chi connectivity index (χ3v) is 3.32. The number of esters is 1. The predicted molar refractivity (Wildman–Crippen MR) is 69.2 cm³/mol. The van der Waals surface area contributed by atoms with Gasteiger partial charge in [0.1, 0.15) is 18.3 Å². The van der Waals surface area contributed by atoms with Crippen LogP contribution in [0.25, 0.3) is 0 Å². The molecule has 3 unspecified atom stereocenters. The lowest BCUT2D eigenvalue weighted by Crippen LogP contribution is -2.67. The third-order valence-electron chi connectivity index (χ3n) is 3.32. The van der Waals surface area contributed by atoms with Gasteiger partial charge >= 0.3 is 5.97 Å². The second-order valence-electron chi connectivity index (χ2n) is 5.04. The number of aliphatic hydroxyl groups is 5.